The first-order valence-corrected chi connectivity index (χ1v) is 15.7. The number of hydrogen-bond donors (Lipinski definition) is 0. The summed E-state index contributed by atoms with van der Waals surface area (Å²) in [4.78, 5) is 13.8. The Morgan fingerprint density at radius 1 is 0.717 bits per heavy atom. The number of hydrogen-bond acceptors (Lipinski definition) is 4. The zero-order valence-electron chi connectivity index (χ0n) is 27.0. The summed E-state index contributed by atoms with van der Waals surface area (Å²) >= 11 is 0. The molecule has 8 rings (SSSR count). The van der Waals surface area contributed by atoms with Crippen LogP contribution in [0, 0.1) is 26.0 Å². The van der Waals surface area contributed by atoms with E-state index in [0.29, 0.717) is 5.71 Å². The van der Waals surface area contributed by atoms with Crippen LogP contribution in [0.1, 0.15) is 56.1 Å². The largest absolute Gasteiger partial charge is 0.486 e. The van der Waals surface area contributed by atoms with Crippen molar-refractivity contribution in [3.63, 3.8) is 0 Å². The van der Waals surface area contributed by atoms with E-state index in [2.05, 4.69) is 72.3 Å². The van der Waals surface area contributed by atoms with Crippen LogP contribution in [0.2, 0.25) is 0 Å². The quantitative estimate of drug-likeness (QED) is 0.167. The summed E-state index contributed by atoms with van der Waals surface area (Å²) in [5.74, 6) is -0.528. The first-order valence-electron chi connectivity index (χ1n) is 16.2. The molecule has 1 saturated carbocycles. The van der Waals surface area contributed by atoms with Gasteiger partial charge in [-0.3, -0.25) is 0 Å². The molecule has 1 aliphatic rings. The van der Waals surface area contributed by atoms with E-state index in [-0.39, 0.29) is 20.1 Å². The Morgan fingerprint density at radius 3 is 2.28 bits per heavy atom. The summed E-state index contributed by atoms with van der Waals surface area (Å²) in [5.41, 5.74) is 10.5. The average Bonchev–Trinajstić information content (AvgIpc) is 3.48. The molecule has 0 N–H and O–H groups in total. The molecule has 4 heterocycles. The van der Waals surface area contributed by atoms with E-state index in [9.17, 15) is 0 Å². The van der Waals surface area contributed by atoms with E-state index in [4.69, 9.17) is 10.8 Å². The van der Waals surface area contributed by atoms with Crippen LogP contribution < -0.4 is 0 Å². The van der Waals surface area contributed by atoms with Crippen molar-refractivity contribution in [2.45, 2.75) is 51.8 Å². The van der Waals surface area contributed by atoms with Gasteiger partial charge in [0.05, 0.1) is 11.3 Å². The molecule has 4 nitrogen and oxygen atoms in total. The van der Waals surface area contributed by atoms with Crippen LogP contribution >= 0.6 is 0 Å². The molecule has 1 radical (unpaired) electrons. The van der Waals surface area contributed by atoms with Gasteiger partial charge in [0, 0.05) is 44.8 Å². The van der Waals surface area contributed by atoms with E-state index in [1.165, 1.54) is 17.5 Å². The number of rotatable bonds is 4. The Hall–Kier alpha value is -4.44. The van der Waals surface area contributed by atoms with E-state index >= 15 is 0 Å². The average molecular weight is 779 g/mol. The van der Waals surface area contributed by atoms with E-state index in [0.717, 1.165) is 81.4 Å². The van der Waals surface area contributed by atoms with Crippen LogP contribution in [0.5, 0.6) is 0 Å². The number of fused-ring (bicyclic) bond motifs is 3. The molecule has 0 atom stereocenters. The molecule has 0 aliphatic heterocycles. The fourth-order valence-electron chi connectivity index (χ4n) is 6.30. The van der Waals surface area contributed by atoms with E-state index < -0.39 is 5.89 Å². The van der Waals surface area contributed by atoms with Gasteiger partial charge >= 0.3 is 0 Å². The molecule has 4 aromatic heterocycles. The van der Waals surface area contributed by atoms with Crippen LogP contribution in [-0.4, -0.2) is 15.0 Å². The van der Waals surface area contributed by atoms with Crippen LogP contribution in [0.4, 0.5) is 0 Å². The zero-order chi connectivity index (χ0) is 31.5. The number of aryl methyl sites for hydroxylation is 2. The predicted molar refractivity (Wildman–Crippen MR) is 183 cm³/mol. The van der Waals surface area contributed by atoms with E-state index in [1.807, 2.05) is 66.9 Å². The Morgan fingerprint density at radius 2 is 1.52 bits per heavy atom. The van der Waals surface area contributed by atoms with Gasteiger partial charge in [-0.15, -0.1) is 54.1 Å². The Labute approximate surface area is 285 Å². The maximum absolute atomic E-state index is 9.04. The molecule has 0 spiro atoms. The van der Waals surface area contributed by atoms with Gasteiger partial charge in [0.15, 0.2) is 0 Å². The maximum Gasteiger partial charge on any atom is 0.216 e. The molecule has 0 amide bonds. The smallest absolute Gasteiger partial charge is 0.216 e. The van der Waals surface area contributed by atoms with Gasteiger partial charge in [-0.2, -0.15) is 0 Å². The maximum atomic E-state index is 9.04. The third kappa shape index (κ3) is 6.58. The minimum absolute atomic E-state index is 0. The van der Waals surface area contributed by atoms with Crippen LogP contribution in [-0.2, 0) is 20.1 Å². The van der Waals surface area contributed by atoms with Crippen molar-refractivity contribution in [2.24, 2.45) is 0 Å². The number of nitrogens with zero attached hydrogens (tertiary/aromatic N) is 3. The molecule has 231 valence electrons. The number of benzene rings is 3. The molecule has 0 unspecified atom stereocenters. The van der Waals surface area contributed by atoms with E-state index in [1.54, 1.807) is 6.20 Å². The summed E-state index contributed by atoms with van der Waals surface area (Å²) in [6.45, 7) is 4.23. The fourth-order valence-corrected chi connectivity index (χ4v) is 6.30. The Balaban J connectivity index is 0.000000250. The molecule has 1 aliphatic carbocycles. The fraction of sp³-hybridized carbons (Fsp3) is 0.195. The van der Waals surface area contributed by atoms with Crippen molar-refractivity contribution in [1.29, 1.82) is 0 Å². The first kappa shape index (κ1) is 30.2. The molecule has 7 aromatic rings. The SMILES string of the molecule is [2H]C1(c2ccnc(-c3[c-]ccc4c3oc3nc(-c5c(C)cccc5C)ccc34)c2)CCCCC1.[Ir].[c-]1ccccc1-c1ccccn1. The topological polar surface area (TPSA) is 51.8 Å². The minimum atomic E-state index is -0.528. The van der Waals surface area contributed by atoms with Gasteiger partial charge < -0.3 is 14.4 Å². The zero-order valence-corrected chi connectivity index (χ0v) is 28.4. The molecule has 46 heavy (non-hydrogen) atoms. The van der Waals surface area contributed by atoms with Crippen LogP contribution in [0.25, 0.3) is 55.8 Å². The predicted octanol–water partition coefficient (Wildman–Crippen LogP) is 10.7. The molecule has 5 heteroatoms. The van der Waals surface area contributed by atoms with Crippen LogP contribution in [0.3, 0.4) is 0 Å². The standard InChI is InChI=1S/C30H27N2O.C11H8N.Ir/c1-19-8-6-9-20(2)28(19)26-15-14-24-23-12-7-13-25(29(23)33-30(24)32-26)27-18-22(16-17-31-27)21-10-4-3-5-11-21;1-2-6-10(7-3-1)11-8-4-5-9-12-11;/h6-9,12,14-18,21H,3-5,10-11H2,1-2H3;1-6,8-9H;/q2*-1;/i21D;;. The summed E-state index contributed by atoms with van der Waals surface area (Å²) in [7, 11) is 0. The summed E-state index contributed by atoms with van der Waals surface area (Å²) in [5, 5.41) is 2.00. The van der Waals surface area contributed by atoms with Crippen LogP contribution in [0.15, 0.2) is 114 Å². The second-order valence-electron chi connectivity index (χ2n) is 11.6. The third-order valence-electron chi connectivity index (χ3n) is 8.57. The van der Waals surface area contributed by atoms with Gasteiger partial charge in [0.25, 0.3) is 0 Å². The second kappa shape index (κ2) is 14.3. The van der Waals surface area contributed by atoms with Gasteiger partial charge in [0.2, 0.25) is 5.71 Å². The first-order chi connectivity index (χ1) is 22.5. The molecular weight excluding hydrogens is 743 g/mol. The van der Waals surface area contributed by atoms with Gasteiger partial charge in [-0.25, -0.2) is 4.98 Å². The van der Waals surface area contributed by atoms with Crippen molar-refractivity contribution < 1.29 is 25.9 Å². The van der Waals surface area contributed by atoms with Gasteiger partial charge in [-0.1, -0.05) is 72.2 Å². The molecule has 0 saturated heterocycles. The van der Waals surface area contributed by atoms with Crippen molar-refractivity contribution >= 4 is 22.1 Å². The van der Waals surface area contributed by atoms with Gasteiger partial charge in [0.1, 0.15) is 0 Å². The van der Waals surface area contributed by atoms with Crippen molar-refractivity contribution in [1.82, 2.24) is 15.0 Å². The Kier molecular flexibility index (Phi) is 9.41. The third-order valence-corrected chi connectivity index (χ3v) is 8.57. The number of furan rings is 1. The second-order valence-corrected chi connectivity index (χ2v) is 11.6. The van der Waals surface area contributed by atoms with Crippen molar-refractivity contribution in [3.05, 3.63) is 138 Å². The summed E-state index contributed by atoms with van der Waals surface area (Å²) in [6.07, 6.45) is 8.86. The number of pyridine rings is 3. The normalized spacial score (nSPS) is 14.2. The molecule has 1 fully saturated rings. The molecule has 0 bridgehead atoms. The van der Waals surface area contributed by atoms with Crippen molar-refractivity contribution in [2.75, 3.05) is 0 Å². The van der Waals surface area contributed by atoms with Crippen molar-refractivity contribution in [3.8, 4) is 33.8 Å². The van der Waals surface area contributed by atoms with Gasteiger partial charge in [-0.05, 0) is 79.4 Å². The number of aromatic nitrogens is 3. The molecule has 3 aromatic carbocycles. The summed E-state index contributed by atoms with van der Waals surface area (Å²) < 4.78 is 15.4. The Bertz CT molecular complexity index is 2060. The summed E-state index contributed by atoms with van der Waals surface area (Å²) in [6, 6.07) is 38.7. The molecular formula is C41H35IrN3O-2. The monoisotopic (exact) mass is 779 g/mol. The minimum Gasteiger partial charge on any atom is -0.486 e.